The number of allylic oxidation sites excluding steroid dienone is 1. The standard InChI is InChI=1S/C22H23N3O2/c1-4-21(23-5-2)25-13-12-18-19(10-7-11-20(18)25)22(26)24-15-16-8-6-9-17(14-16)27-3/h4,6-14H,1,5,15H2,2-3H3,(H,24,26). The zero-order valence-corrected chi connectivity index (χ0v) is 15.6. The molecule has 5 nitrogen and oxygen atoms in total. The van der Waals surface area contributed by atoms with Crippen LogP contribution in [0.3, 0.4) is 0 Å². The van der Waals surface area contributed by atoms with E-state index < -0.39 is 0 Å². The summed E-state index contributed by atoms with van der Waals surface area (Å²) < 4.78 is 7.17. The molecule has 27 heavy (non-hydrogen) atoms. The molecule has 0 radical (unpaired) electrons. The van der Waals surface area contributed by atoms with E-state index in [1.165, 1.54) is 0 Å². The fourth-order valence-electron chi connectivity index (χ4n) is 3.03. The SMILES string of the molecule is C=CC(=NCC)n1ccc2c(C(=O)NCc3cccc(OC)c3)cccc21. The highest BCUT2D eigenvalue weighted by molar-refractivity contribution is 6.09. The van der Waals surface area contributed by atoms with Crippen LogP contribution in [0.4, 0.5) is 0 Å². The van der Waals surface area contributed by atoms with Crippen LogP contribution < -0.4 is 10.1 Å². The maximum atomic E-state index is 12.8. The molecule has 0 saturated carbocycles. The van der Waals surface area contributed by atoms with Crippen LogP contribution >= 0.6 is 0 Å². The van der Waals surface area contributed by atoms with E-state index in [1.54, 1.807) is 13.2 Å². The molecule has 1 amide bonds. The number of hydrogen-bond acceptors (Lipinski definition) is 3. The number of nitrogens with one attached hydrogen (secondary N) is 1. The predicted octanol–water partition coefficient (Wildman–Crippen LogP) is 4.03. The summed E-state index contributed by atoms with van der Waals surface area (Å²) in [6.07, 6.45) is 3.64. The lowest BCUT2D eigenvalue weighted by atomic mass is 10.1. The Morgan fingerprint density at radius 2 is 2.07 bits per heavy atom. The molecule has 0 fully saturated rings. The number of nitrogens with zero attached hydrogens (tertiary/aromatic N) is 2. The van der Waals surface area contributed by atoms with Crippen molar-refractivity contribution in [2.75, 3.05) is 13.7 Å². The number of aromatic nitrogens is 1. The van der Waals surface area contributed by atoms with Crippen molar-refractivity contribution >= 4 is 22.6 Å². The molecule has 0 aliphatic heterocycles. The van der Waals surface area contributed by atoms with Crippen LogP contribution in [0.2, 0.25) is 0 Å². The first-order valence-corrected chi connectivity index (χ1v) is 8.86. The molecule has 0 aliphatic rings. The summed E-state index contributed by atoms with van der Waals surface area (Å²) in [7, 11) is 1.63. The van der Waals surface area contributed by atoms with Gasteiger partial charge in [0.05, 0.1) is 12.6 Å². The molecule has 1 N–H and O–H groups in total. The van der Waals surface area contributed by atoms with Crippen LogP contribution in [0.1, 0.15) is 22.8 Å². The maximum absolute atomic E-state index is 12.8. The van der Waals surface area contributed by atoms with Gasteiger partial charge in [0.25, 0.3) is 5.91 Å². The van der Waals surface area contributed by atoms with E-state index in [0.717, 1.165) is 28.1 Å². The molecule has 0 atom stereocenters. The Kier molecular flexibility index (Phi) is 5.71. The number of carbonyl (C=O) groups excluding carboxylic acids is 1. The van der Waals surface area contributed by atoms with Gasteiger partial charge in [0.2, 0.25) is 0 Å². The molecule has 2 aromatic carbocycles. The van der Waals surface area contributed by atoms with Crippen LogP contribution in [0.25, 0.3) is 10.9 Å². The largest absolute Gasteiger partial charge is 0.497 e. The third kappa shape index (κ3) is 3.92. The Balaban J connectivity index is 1.86. The quantitative estimate of drug-likeness (QED) is 0.532. The van der Waals surface area contributed by atoms with E-state index in [9.17, 15) is 4.79 Å². The predicted molar refractivity (Wildman–Crippen MR) is 110 cm³/mol. The summed E-state index contributed by atoms with van der Waals surface area (Å²) in [4.78, 5) is 17.2. The van der Waals surface area contributed by atoms with Gasteiger partial charge < -0.3 is 14.6 Å². The molecule has 1 aromatic heterocycles. The average Bonchev–Trinajstić information content (AvgIpc) is 3.14. The molecule has 5 heteroatoms. The number of fused-ring (bicyclic) bond motifs is 1. The number of methoxy groups -OCH3 is 1. The van der Waals surface area contributed by atoms with Crippen molar-refractivity contribution in [3.8, 4) is 5.75 Å². The zero-order chi connectivity index (χ0) is 19.2. The van der Waals surface area contributed by atoms with Gasteiger partial charge in [-0.25, -0.2) is 0 Å². The number of rotatable bonds is 6. The van der Waals surface area contributed by atoms with Crippen LogP contribution in [0, 0.1) is 0 Å². The van der Waals surface area contributed by atoms with Crippen LogP contribution in [-0.4, -0.2) is 30.0 Å². The van der Waals surface area contributed by atoms with E-state index in [4.69, 9.17) is 4.74 Å². The smallest absolute Gasteiger partial charge is 0.252 e. The summed E-state index contributed by atoms with van der Waals surface area (Å²) >= 11 is 0. The van der Waals surface area contributed by atoms with E-state index in [0.29, 0.717) is 18.7 Å². The van der Waals surface area contributed by atoms with Gasteiger partial charge in [0, 0.05) is 30.2 Å². The Hall–Kier alpha value is -3.34. The monoisotopic (exact) mass is 361 g/mol. The van der Waals surface area contributed by atoms with Gasteiger partial charge in [-0.2, -0.15) is 0 Å². The van der Waals surface area contributed by atoms with Gasteiger partial charge in [0.15, 0.2) is 0 Å². The lowest BCUT2D eigenvalue weighted by Crippen LogP contribution is -2.23. The highest BCUT2D eigenvalue weighted by Gasteiger charge is 2.13. The van der Waals surface area contributed by atoms with Crippen molar-refractivity contribution in [1.82, 2.24) is 9.88 Å². The maximum Gasteiger partial charge on any atom is 0.252 e. The molecule has 0 bridgehead atoms. The van der Waals surface area contributed by atoms with Crippen molar-refractivity contribution < 1.29 is 9.53 Å². The molecule has 1 heterocycles. The molecular formula is C22H23N3O2. The van der Waals surface area contributed by atoms with Gasteiger partial charge in [-0.05, 0) is 48.9 Å². The van der Waals surface area contributed by atoms with Crippen LogP contribution in [-0.2, 0) is 6.54 Å². The molecular weight excluding hydrogens is 338 g/mol. The zero-order valence-electron chi connectivity index (χ0n) is 15.6. The highest BCUT2D eigenvalue weighted by Crippen LogP contribution is 2.21. The molecule has 0 saturated heterocycles. The molecule has 3 aromatic rings. The second-order valence-electron chi connectivity index (χ2n) is 5.99. The third-order valence-electron chi connectivity index (χ3n) is 4.31. The van der Waals surface area contributed by atoms with Crippen molar-refractivity contribution in [2.24, 2.45) is 4.99 Å². The lowest BCUT2D eigenvalue weighted by molar-refractivity contribution is 0.0952. The van der Waals surface area contributed by atoms with E-state index in [1.807, 2.05) is 66.2 Å². The second-order valence-corrected chi connectivity index (χ2v) is 5.99. The summed E-state index contributed by atoms with van der Waals surface area (Å²) in [6, 6.07) is 15.3. The van der Waals surface area contributed by atoms with Gasteiger partial charge in [-0.1, -0.05) is 24.8 Å². The van der Waals surface area contributed by atoms with Crippen molar-refractivity contribution in [2.45, 2.75) is 13.5 Å². The van der Waals surface area contributed by atoms with Gasteiger partial charge in [-0.15, -0.1) is 0 Å². The van der Waals surface area contributed by atoms with Gasteiger partial charge >= 0.3 is 0 Å². The highest BCUT2D eigenvalue weighted by atomic mass is 16.5. The minimum atomic E-state index is -0.117. The van der Waals surface area contributed by atoms with Crippen molar-refractivity contribution in [1.29, 1.82) is 0 Å². The lowest BCUT2D eigenvalue weighted by Gasteiger charge is -2.09. The van der Waals surface area contributed by atoms with Gasteiger partial charge in [0.1, 0.15) is 11.6 Å². The first-order chi connectivity index (χ1) is 13.2. The molecule has 0 spiro atoms. The first-order valence-electron chi connectivity index (χ1n) is 8.86. The van der Waals surface area contributed by atoms with Crippen molar-refractivity contribution in [3.05, 3.63) is 78.5 Å². The van der Waals surface area contributed by atoms with E-state index in [-0.39, 0.29) is 5.91 Å². The topological polar surface area (TPSA) is 55.6 Å². The van der Waals surface area contributed by atoms with E-state index >= 15 is 0 Å². The van der Waals surface area contributed by atoms with Crippen LogP contribution in [0.15, 0.2) is 72.4 Å². The number of amides is 1. The number of aliphatic imine (C=N–C) groups is 1. The number of benzene rings is 2. The fraction of sp³-hybridized carbons (Fsp3) is 0.182. The summed E-state index contributed by atoms with van der Waals surface area (Å²) in [6.45, 7) is 6.92. The number of hydrogen-bond donors (Lipinski definition) is 1. The summed E-state index contributed by atoms with van der Waals surface area (Å²) in [5.41, 5.74) is 2.54. The third-order valence-corrected chi connectivity index (χ3v) is 4.31. The summed E-state index contributed by atoms with van der Waals surface area (Å²) in [5.74, 6) is 1.42. The number of ether oxygens (including phenoxy) is 1. The average molecular weight is 361 g/mol. The Morgan fingerprint density at radius 1 is 1.26 bits per heavy atom. The fourth-order valence-corrected chi connectivity index (χ4v) is 3.03. The molecule has 3 rings (SSSR count). The molecule has 0 unspecified atom stereocenters. The first kappa shape index (κ1) is 18.5. The van der Waals surface area contributed by atoms with Crippen LogP contribution in [0.5, 0.6) is 5.75 Å². The molecule has 0 aliphatic carbocycles. The summed E-state index contributed by atoms with van der Waals surface area (Å²) in [5, 5.41) is 3.86. The minimum absolute atomic E-state index is 0.117. The Bertz CT molecular complexity index is 1000. The van der Waals surface area contributed by atoms with Crippen molar-refractivity contribution in [3.63, 3.8) is 0 Å². The number of carbonyl (C=O) groups is 1. The normalized spacial score (nSPS) is 11.4. The molecule has 138 valence electrons. The Labute approximate surface area is 159 Å². The Morgan fingerprint density at radius 3 is 2.81 bits per heavy atom. The van der Waals surface area contributed by atoms with E-state index in [2.05, 4.69) is 16.9 Å². The van der Waals surface area contributed by atoms with Gasteiger partial charge in [-0.3, -0.25) is 9.79 Å². The second kappa shape index (κ2) is 8.36. The minimum Gasteiger partial charge on any atom is -0.497 e.